The van der Waals surface area contributed by atoms with Gasteiger partial charge in [0.1, 0.15) is 0 Å². The summed E-state index contributed by atoms with van der Waals surface area (Å²) in [5.41, 5.74) is 8.33. The first-order valence-electron chi connectivity index (χ1n) is 5.35. The summed E-state index contributed by atoms with van der Waals surface area (Å²) in [4.78, 5) is 12.3. The van der Waals surface area contributed by atoms with Crippen molar-refractivity contribution >= 4 is 39.0 Å². The van der Waals surface area contributed by atoms with Gasteiger partial charge in [-0.05, 0) is 36.8 Å². The summed E-state index contributed by atoms with van der Waals surface area (Å²) in [5.74, 6) is -0.0717. The Labute approximate surface area is 119 Å². The topological polar surface area (TPSA) is 43.1 Å². The molecule has 0 radical (unpaired) electrons. The minimum atomic E-state index is -0.0717. The second kappa shape index (κ2) is 5.12. The van der Waals surface area contributed by atoms with E-state index in [1.807, 2.05) is 19.1 Å². The first kappa shape index (κ1) is 13.1. The van der Waals surface area contributed by atoms with Gasteiger partial charge in [0.2, 0.25) is 0 Å². The first-order chi connectivity index (χ1) is 8.49. The third-order valence-corrected chi connectivity index (χ3v) is 3.88. The summed E-state index contributed by atoms with van der Waals surface area (Å²) in [6.45, 7) is 1.97. The van der Waals surface area contributed by atoms with E-state index in [1.54, 1.807) is 24.3 Å². The molecule has 0 saturated heterocycles. The summed E-state index contributed by atoms with van der Waals surface area (Å²) in [7, 11) is 0. The van der Waals surface area contributed by atoms with E-state index in [-0.39, 0.29) is 5.78 Å². The maximum Gasteiger partial charge on any atom is 0.193 e. The molecule has 0 heterocycles. The second-order valence-electron chi connectivity index (χ2n) is 4.03. The highest BCUT2D eigenvalue weighted by atomic mass is 79.9. The normalized spacial score (nSPS) is 10.4. The summed E-state index contributed by atoms with van der Waals surface area (Å²) < 4.78 is 0.912. The molecule has 0 bridgehead atoms. The molecule has 2 aromatic carbocycles. The number of halogens is 2. The van der Waals surface area contributed by atoms with E-state index in [4.69, 9.17) is 17.3 Å². The van der Waals surface area contributed by atoms with Crippen molar-refractivity contribution in [3.8, 4) is 0 Å². The number of anilines is 1. The molecule has 0 spiro atoms. The summed E-state index contributed by atoms with van der Waals surface area (Å²) in [6, 6.07) is 10.4. The van der Waals surface area contributed by atoms with Crippen LogP contribution >= 0.6 is 27.5 Å². The lowest BCUT2D eigenvalue weighted by Crippen LogP contribution is -2.02. The van der Waals surface area contributed by atoms with Crippen LogP contribution in [0.25, 0.3) is 0 Å². The van der Waals surface area contributed by atoms with Gasteiger partial charge < -0.3 is 5.73 Å². The molecule has 18 heavy (non-hydrogen) atoms. The average Bonchev–Trinajstić information content (AvgIpc) is 2.35. The van der Waals surface area contributed by atoms with Gasteiger partial charge in [-0.1, -0.05) is 39.7 Å². The number of nitrogens with two attached hydrogens (primary N) is 1. The predicted octanol–water partition coefficient (Wildman–Crippen LogP) is 4.22. The molecule has 0 aromatic heterocycles. The highest BCUT2D eigenvalue weighted by Crippen LogP contribution is 2.23. The number of hydrogen-bond acceptors (Lipinski definition) is 2. The van der Waals surface area contributed by atoms with Gasteiger partial charge >= 0.3 is 0 Å². The number of carbonyl (C=O) groups excluding carboxylic acids is 1. The fraction of sp³-hybridized carbons (Fsp3) is 0.0714. The van der Waals surface area contributed by atoms with Crippen molar-refractivity contribution in [2.45, 2.75) is 6.92 Å². The number of hydrogen-bond donors (Lipinski definition) is 1. The van der Waals surface area contributed by atoms with E-state index in [9.17, 15) is 4.79 Å². The zero-order chi connectivity index (χ0) is 13.3. The molecule has 0 atom stereocenters. The van der Waals surface area contributed by atoms with Gasteiger partial charge in [0.15, 0.2) is 5.78 Å². The van der Waals surface area contributed by atoms with Crippen LogP contribution in [0, 0.1) is 6.92 Å². The Bertz CT molecular complexity index is 572. The Balaban J connectivity index is 2.41. The van der Waals surface area contributed by atoms with Crippen LogP contribution in [0.1, 0.15) is 21.5 Å². The van der Waals surface area contributed by atoms with Crippen LogP contribution in [-0.2, 0) is 0 Å². The second-order valence-corrected chi connectivity index (χ2v) is 5.29. The minimum absolute atomic E-state index is 0.0717. The fourth-order valence-electron chi connectivity index (χ4n) is 1.57. The highest BCUT2D eigenvalue weighted by molar-refractivity contribution is 9.10. The Morgan fingerprint density at radius 3 is 2.39 bits per heavy atom. The molecule has 92 valence electrons. The van der Waals surface area contributed by atoms with E-state index in [0.717, 1.165) is 10.0 Å². The molecule has 2 nitrogen and oxygen atoms in total. The van der Waals surface area contributed by atoms with Crippen molar-refractivity contribution in [2.75, 3.05) is 5.73 Å². The molecular formula is C14H11BrClNO. The van der Waals surface area contributed by atoms with Crippen molar-refractivity contribution in [3.05, 3.63) is 62.6 Å². The van der Waals surface area contributed by atoms with Gasteiger partial charge in [-0.15, -0.1) is 0 Å². The van der Waals surface area contributed by atoms with Crippen molar-refractivity contribution < 1.29 is 4.79 Å². The Morgan fingerprint density at radius 2 is 1.78 bits per heavy atom. The predicted molar refractivity (Wildman–Crippen MR) is 78.2 cm³/mol. The number of ketones is 1. The Kier molecular flexibility index (Phi) is 3.73. The van der Waals surface area contributed by atoms with Crippen molar-refractivity contribution in [1.82, 2.24) is 0 Å². The lowest BCUT2D eigenvalue weighted by molar-refractivity contribution is 0.103. The first-order valence-corrected chi connectivity index (χ1v) is 6.52. The summed E-state index contributed by atoms with van der Waals surface area (Å²) in [5, 5.41) is 0.395. The third kappa shape index (κ3) is 2.57. The lowest BCUT2D eigenvalue weighted by Gasteiger charge is -2.05. The van der Waals surface area contributed by atoms with Gasteiger partial charge in [0, 0.05) is 15.6 Å². The quantitative estimate of drug-likeness (QED) is 0.664. The minimum Gasteiger partial charge on any atom is -0.398 e. The van der Waals surface area contributed by atoms with Crippen molar-refractivity contribution in [2.24, 2.45) is 0 Å². The SMILES string of the molecule is Cc1ccc(C(=O)c2ccc(N)c(Cl)c2)cc1Br. The molecule has 0 aliphatic rings. The zero-order valence-electron chi connectivity index (χ0n) is 9.71. The monoisotopic (exact) mass is 323 g/mol. The van der Waals surface area contributed by atoms with Crippen LogP contribution in [0.2, 0.25) is 5.02 Å². The van der Waals surface area contributed by atoms with Crippen LogP contribution < -0.4 is 5.73 Å². The van der Waals surface area contributed by atoms with Gasteiger partial charge in [-0.3, -0.25) is 4.79 Å². The number of benzene rings is 2. The number of rotatable bonds is 2. The molecule has 0 fully saturated rings. The fourth-order valence-corrected chi connectivity index (χ4v) is 2.13. The van der Waals surface area contributed by atoms with Gasteiger partial charge in [-0.2, -0.15) is 0 Å². The maximum absolute atomic E-state index is 12.3. The van der Waals surface area contributed by atoms with E-state index in [0.29, 0.717) is 21.8 Å². The average molecular weight is 325 g/mol. The molecular weight excluding hydrogens is 314 g/mol. The summed E-state index contributed by atoms with van der Waals surface area (Å²) >= 11 is 9.33. The van der Waals surface area contributed by atoms with E-state index in [1.165, 1.54) is 0 Å². The molecule has 0 aliphatic carbocycles. The molecule has 0 saturated carbocycles. The van der Waals surface area contributed by atoms with E-state index >= 15 is 0 Å². The summed E-state index contributed by atoms with van der Waals surface area (Å²) in [6.07, 6.45) is 0. The smallest absolute Gasteiger partial charge is 0.193 e. The van der Waals surface area contributed by atoms with Crippen LogP contribution in [0.3, 0.4) is 0 Å². The largest absolute Gasteiger partial charge is 0.398 e. The lowest BCUT2D eigenvalue weighted by atomic mass is 10.0. The van der Waals surface area contributed by atoms with Gasteiger partial charge in [0.25, 0.3) is 0 Å². The van der Waals surface area contributed by atoms with E-state index in [2.05, 4.69) is 15.9 Å². The van der Waals surface area contributed by atoms with E-state index < -0.39 is 0 Å². The highest BCUT2D eigenvalue weighted by Gasteiger charge is 2.11. The Morgan fingerprint density at radius 1 is 1.17 bits per heavy atom. The zero-order valence-corrected chi connectivity index (χ0v) is 12.0. The number of nitrogen functional groups attached to an aromatic ring is 1. The van der Waals surface area contributed by atoms with Crippen molar-refractivity contribution in [1.29, 1.82) is 0 Å². The van der Waals surface area contributed by atoms with Crippen molar-refractivity contribution in [3.63, 3.8) is 0 Å². The molecule has 2 N–H and O–H groups in total. The van der Waals surface area contributed by atoms with Crippen LogP contribution in [0.15, 0.2) is 40.9 Å². The standard InChI is InChI=1S/C14H11BrClNO/c1-8-2-3-9(6-11(8)15)14(18)10-4-5-13(17)12(16)7-10/h2-7H,17H2,1H3. The number of aryl methyl sites for hydroxylation is 1. The maximum atomic E-state index is 12.3. The van der Waals surface area contributed by atoms with Crippen LogP contribution in [0.5, 0.6) is 0 Å². The molecule has 0 amide bonds. The molecule has 0 aliphatic heterocycles. The molecule has 2 rings (SSSR count). The molecule has 0 unspecified atom stereocenters. The van der Waals surface area contributed by atoms with Crippen LogP contribution in [-0.4, -0.2) is 5.78 Å². The number of carbonyl (C=O) groups is 1. The van der Waals surface area contributed by atoms with Gasteiger partial charge in [0.05, 0.1) is 10.7 Å². The molecule has 4 heteroatoms. The Hall–Kier alpha value is -1.32. The van der Waals surface area contributed by atoms with Gasteiger partial charge in [-0.25, -0.2) is 0 Å². The van der Waals surface area contributed by atoms with Crippen LogP contribution in [0.4, 0.5) is 5.69 Å². The molecule has 2 aromatic rings. The third-order valence-electron chi connectivity index (χ3n) is 2.70.